The molecule has 0 bridgehead atoms. The topological polar surface area (TPSA) is 86.7 Å². The number of benzene rings is 2. The molecule has 9 heteroatoms. The van der Waals surface area contributed by atoms with Crippen molar-refractivity contribution in [1.82, 2.24) is 4.90 Å². The first-order valence-electron chi connectivity index (χ1n) is 8.49. The molecule has 1 aliphatic rings. The van der Waals surface area contributed by atoms with Crippen molar-refractivity contribution in [2.75, 3.05) is 11.9 Å². The van der Waals surface area contributed by atoms with Gasteiger partial charge in [-0.2, -0.15) is 0 Å². The highest BCUT2D eigenvalue weighted by molar-refractivity contribution is 8.26. The van der Waals surface area contributed by atoms with E-state index in [0.29, 0.717) is 19.8 Å². The van der Waals surface area contributed by atoms with Crippen LogP contribution in [0, 0.1) is 0 Å². The fraction of sp³-hybridized carbons (Fsp3) is 0.100. The quantitative estimate of drug-likeness (QED) is 0.509. The van der Waals surface area contributed by atoms with Gasteiger partial charge in [0.25, 0.3) is 5.91 Å². The predicted octanol–water partition coefficient (Wildman–Crippen LogP) is 4.27. The lowest BCUT2D eigenvalue weighted by Crippen LogP contribution is -2.31. The molecule has 148 valence electrons. The van der Waals surface area contributed by atoms with E-state index in [1.807, 2.05) is 6.07 Å². The molecular weight excluding hydrogens is 432 g/mol. The van der Waals surface area contributed by atoms with Crippen LogP contribution in [0.3, 0.4) is 0 Å². The molecule has 1 saturated heterocycles. The van der Waals surface area contributed by atoms with Crippen LogP contribution >= 0.6 is 35.6 Å². The second-order valence-corrected chi connectivity index (χ2v) is 8.09. The molecule has 2 amide bonds. The van der Waals surface area contributed by atoms with Crippen molar-refractivity contribution in [2.24, 2.45) is 0 Å². The van der Waals surface area contributed by atoms with Gasteiger partial charge in [-0.3, -0.25) is 14.5 Å². The second-order valence-electron chi connectivity index (χ2n) is 6.00. The van der Waals surface area contributed by atoms with E-state index in [-0.39, 0.29) is 30.1 Å². The van der Waals surface area contributed by atoms with Crippen molar-refractivity contribution in [1.29, 1.82) is 0 Å². The molecule has 0 aliphatic carbocycles. The van der Waals surface area contributed by atoms with Crippen LogP contribution in [0.2, 0.25) is 5.02 Å². The molecule has 1 aliphatic heterocycles. The van der Waals surface area contributed by atoms with Crippen LogP contribution in [-0.2, 0) is 9.59 Å². The molecule has 3 rings (SSSR count). The van der Waals surface area contributed by atoms with Gasteiger partial charge in [-0.25, -0.2) is 4.79 Å². The molecular formula is C20H15ClN2O4S2. The van der Waals surface area contributed by atoms with Crippen LogP contribution < -0.4 is 5.32 Å². The van der Waals surface area contributed by atoms with Crippen molar-refractivity contribution in [3.05, 3.63) is 69.6 Å². The lowest BCUT2D eigenvalue weighted by atomic mass is 10.1. The van der Waals surface area contributed by atoms with Crippen molar-refractivity contribution < 1.29 is 19.5 Å². The van der Waals surface area contributed by atoms with Crippen LogP contribution in [0.15, 0.2) is 53.4 Å². The maximum absolute atomic E-state index is 12.6. The predicted molar refractivity (Wildman–Crippen MR) is 118 cm³/mol. The molecule has 0 spiro atoms. The van der Waals surface area contributed by atoms with E-state index in [2.05, 4.69) is 5.32 Å². The Labute approximate surface area is 181 Å². The van der Waals surface area contributed by atoms with Gasteiger partial charge in [0.2, 0.25) is 5.91 Å². The Morgan fingerprint density at radius 1 is 1.17 bits per heavy atom. The highest BCUT2D eigenvalue weighted by Gasteiger charge is 2.32. The lowest BCUT2D eigenvalue weighted by Gasteiger charge is -2.14. The minimum atomic E-state index is -1.14. The molecule has 2 N–H and O–H groups in total. The standard InChI is InChI=1S/C20H15ClN2O4S2/c21-14-7-3-1-5-12(14)11-16-18(25)23(20(28)29-16)10-9-17(24)22-15-8-4-2-6-13(15)19(26)27/h1-8,11H,9-10H2,(H,22,24)(H,26,27). The van der Waals surface area contributed by atoms with Crippen LogP contribution in [0.25, 0.3) is 6.08 Å². The van der Waals surface area contributed by atoms with Crippen molar-refractivity contribution in [3.8, 4) is 0 Å². The number of hydrogen-bond acceptors (Lipinski definition) is 5. The molecule has 6 nitrogen and oxygen atoms in total. The zero-order valence-corrected chi connectivity index (χ0v) is 17.3. The number of anilines is 1. The molecule has 0 aromatic heterocycles. The average Bonchev–Trinajstić information content (AvgIpc) is 2.95. The number of hydrogen-bond donors (Lipinski definition) is 2. The zero-order chi connectivity index (χ0) is 21.0. The van der Waals surface area contributed by atoms with Gasteiger partial charge in [-0.05, 0) is 29.8 Å². The van der Waals surface area contributed by atoms with E-state index in [1.54, 1.807) is 36.4 Å². The Kier molecular flexibility index (Phi) is 6.68. The second kappa shape index (κ2) is 9.21. The SMILES string of the molecule is O=C(CCN1C(=O)C(=Cc2ccccc2Cl)SC1=S)Nc1ccccc1C(=O)O. The summed E-state index contributed by atoms with van der Waals surface area (Å²) in [6.07, 6.45) is 1.64. The number of carboxylic acid groups (broad SMARTS) is 1. The summed E-state index contributed by atoms with van der Waals surface area (Å²) in [6.45, 7) is 0.0889. The zero-order valence-electron chi connectivity index (χ0n) is 14.9. The largest absolute Gasteiger partial charge is 0.478 e. The molecule has 0 atom stereocenters. The van der Waals surface area contributed by atoms with E-state index in [0.717, 1.165) is 11.8 Å². The maximum Gasteiger partial charge on any atom is 0.337 e. The minimum absolute atomic E-state index is 0.00543. The fourth-order valence-corrected chi connectivity index (χ4v) is 4.12. The van der Waals surface area contributed by atoms with Gasteiger partial charge in [-0.1, -0.05) is 65.9 Å². The number of carbonyl (C=O) groups is 3. The first-order chi connectivity index (χ1) is 13.9. The van der Waals surface area contributed by atoms with Crippen LogP contribution in [0.5, 0.6) is 0 Å². The third-order valence-corrected chi connectivity index (χ3v) is 5.78. The highest BCUT2D eigenvalue weighted by Crippen LogP contribution is 2.33. The molecule has 2 aromatic rings. The number of para-hydroxylation sites is 1. The summed E-state index contributed by atoms with van der Waals surface area (Å²) in [7, 11) is 0. The van der Waals surface area contributed by atoms with E-state index in [4.69, 9.17) is 23.8 Å². The average molecular weight is 447 g/mol. The van der Waals surface area contributed by atoms with Gasteiger partial charge in [-0.15, -0.1) is 0 Å². The number of carboxylic acids is 1. The number of amides is 2. The van der Waals surface area contributed by atoms with E-state index in [9.17, 15) is 19.5 Å². The van der Waals surface area contributed by atoms with Gasteiger partial charge < -0.3 is 10.4 Å². The van der Waals surface area contributed by atoms with Gasteiger partial charge in [0.1, 0.15) is 4.32 Å². The van der Waals surface area contributed by atoms with Crippen LogP contribution in [-0.4, -0.2) is 38.7 Å². The van der Waals surface area contributed by atoms with E-state index in [1.165, 1.54) is 17.0 Å². The fourth-order valence-electron chi connectivity index (χ4n) is 2.63. The Bertz CT molecular complexity index is 1040. The first kappa shape index (κ1) is 21.0. The molecule has 1 heterocycles. The van der Waals surface area contributed by atoms with Gasteiger partial charge >= 0.3 is 5.97 Å². The number of nitrogens with one attached hydrogen (secondary N) is 1. The van der Waals surface area contributed by atoms with Crippen molar-refractivity contribution >= 4 is 69.4 Å². The van der Waals surface area contributed by atoms with Crippen LogP contribution in [0.4, 0.5) is 5.69 Å². The van der Waals surface area contributed by atoms with Gasteiger partial charge in [0.15, 0.2) is 0 Å². The maximum atomic E-state index is 12.6. The lowest BCUT2D eigenvalue weighted by molar-refractivity contribution is -0.122. The number of carbonyl (C=O) groups excluding carboxylic acids is 2. The third kappa shape index (κ3) is 5.03. The molecule has 29 heavy (non-hydrogen) atoms. The summed E-state index contributed by atoms with van der Waals surface area (Å²) >= 11 is 12.5. The van der Waals surface area contributed by atoms with Crippen LogP contribution in [0.1, 0.15) is 22.3 Å². The van der Waals surface area contributed by atoms with Crippen molar-refractivity contribution in [2.45, 2.75) is 6.42 Å². The number of halogens is 1. The van der Waals surface area contributed by atoms with Gasteiger partial charge in [0.05, 0.1) is 16.2 Å². The Morgan fingerprint density at radius 2 is 1.86 bits per heavy atom. The molecule has 1 fully saturated rings. The molecule has 0 radical (unpaired) electrons. The first-order valence-corrected chi connectivity index (χ1v) is 10.1. The minimum Gasteiger partial charge on any atom is -0.478 e. The normalized spacial score (nSPS) is 15.1. The molecule has 0 unspecified atom stereocenters. The number of aromatic carboxylic acids is 1. The van der Waals surface area contributed by atoms with E-state index >= 15 is 0 Å². The number of nitrogens with zero attached hydrogens (tertiary/aromatic N) is 1. The highest BCUT2D eigenvalue weighted by atomic mass is 35.5. The summed E-state index contributed by atoms with van der Waals surface area (Å²) in [6, 6.07) is 13.3. The summed E-state index contributed by atoms with van der Waals surface area (Å²) in [5.41, 5.74) is 0.904. The van der Waals surface area contributed by atoms with E-state index < -0.39 is 11.9 Å². The summed E-state index contributed by atoms with van der Waals surface area (Å²) in [5.74, 6) is -1.84. The summed E-state index contributed by atoms with van der Waals surface area (Å²) in [4.78, 5) is 37.9. The molecule has 0 saturated carbocycles. The van der Waals surface area contributed by atoms with Gasteiger partial charge in [0, 0.05) is 18.0 Å². The Morgan fingerprint density at radius 3 is 2.59 bits per heavy atom. The Hall–Kier alpha value is -2.68. The smallest absolute Gasteiger partial charge is 0.337 e. The third-order valence-electron chi connectivity index (χ3n) is 4.06. The number of thiocarbonyl (C=S) groups is 1. The van der Waals surface area contributed by atoms with Crippen molar-refractivity contribution in [3.63, 3.8) is 0 Å². The number of thioether (sulfide) groups is 1. The monoisotopic (exact) mass is 446 g/mol. The summed E-state index contributed by atoms with van der Waals surface area (Å²) < 4.78 is 0.354. The molecule has 2 aromatic carbocycles. The summed E-state index contributed by atoms with van der Waals surface area (Å²) in [5, 5.41) is 12.3. The Balaban J connectivity index is 1.65. The number of rotatable bonds is 6.